The van der Waals surface area contributed by atoms with Crippen molar-refractivity contribution in [3.8, 4) is 0 Å². The van der Waals surface area contributed by atoms with E-state index in [1.54, 1.807) is 0 Å². The molecule has 0 bridgehead atoms. The number of nitrogens with zero attached hydrogens (tertiary/aromatic N) is 1. The van der Waals surface area contributed by atoms with Crippen LogP contribution in [0.1, 0.15) is 62.4 Å². The zero-order valence-electron chi connectivity index (χ0n) is 13.8. The number of nitrogens with two attached hydrogens (primary N) is 1. The second-order valence-electron chi connectivity index (χ2n) is 6.05. The molecule has 120 valence electrons. The largest absolute Gasteiger partial charge is 0.369 e. The number of rotatable bonds is 10. The first-order chi connectivity index (χ1) is 10.8. The number of nitrogens with one attached hydrogen (secondary N) is 1. The lowest BCUT2D eigenvalue weighted by Gasteiger charge is -2.03. The van der Waals surface area contributed by atoms with Gasteiger partial charge in [0.15, 0.2) is 5.95 Å². The van der Waals surface area contributed by atoms with Crippen LogP contribution < -0.4 is 5.73 Å². The summed E-state index contributed by atoms with van der Waals surface area (Å²) in [5, 5.41) is 0. The molecule has 0 saturated carbocycles. The third-order valence-electron chi connectivity index (χ3n) is 4.13. The number of H-pyrrole nitrogens is 1. The molecule has 0 aliphatic rings. The number of imidazole rings is 1. The molecule has 0 radical (unpaired) electrons. The number of aryl methyl sites for hydroxylation is 3. The SMILES string of the molecule is CCCCc1nc(N)[nH]c1CCCCCCc1ccccc1. The predicted octanol–water partition coefficient (Wildman–Crippen LogP) is 4.68. The van der Waals surface area contributed by atoms with Crippen LogP contribution in [-0.4, -0.2) is 9.97 Å². The Kier molecular flexibility index (Phi) is 7.01. The van der Waals surface area contributed by atoms with E-state index in [1.807, 2.05) is 0 Å². The maximum atomic E-state index is 5.80. The van der Waals surface area contributed by atoms with Gasteiger partial charge in [0.05, 0.1) is 5.69 Å². The lowest BCUT2D eigenvalue weighted by atomic mass is 10.0. The van der Waals surface area contributed by atoms with Gasteiger partial charge >= 0.3 is 0 Å². The zero-order valence-corrected chi connectivity index (χ0v) is 13.8. The molecule has 1 heterocycles. The van der Waals surface area contributed by atoms with E-state index < -0.39 is 0 Å². The molecule has 0 spiro atoms. The number of anilines is 1. The smallest absolute Gasteiger partial charge is 0.197 e. The van der Waals surface area contributed by atoms with Crippen LogP contribution in [0, 0.1) is 0 Å². The fraction of sp³-hybridized carbons (Fsp3) is 0.526. The van der Waals surface area contributed by atoms with E-state index >= 15 is 0 Å². The van der Waals surface area contributed by atoms with Gasteiger partial charge in [-0.15, -0.1) is 0 Å². The molecule has 0 saturated heterocycles. The van der Waals surface area contributed by atoms with Gasteiger partial charge in [-0.3, -0.25) is 0 Å². The summed E-state index contributed by atoms with van der Waals surface area (Å²) in [5.41, 5.74) is 9.69. The van der Waals surface area contributed by atoms with E-state index in [1.165, 1.54) is 61.9 Å². The molecule has 3 heteroatoms. The molecule has 3 nitrogen and oxygen atoms in total. The maximum absolute atomic E-state index is 5.80. The Bertz CT molecular complexity index is 531. The highest BCUT2D eigenvalue weighted by Crippen LogP contribution is 2.15. The molecule has 2 rings (SSSR count). The van der Waals surface area contributed by atoms with Gasteiger partial charge in [0.2, 0.25) is 0 Å². The predicted molar refractivity (Wildman–Crippen MR) is 93.9 cm³/mol. The van der Waals surface area contributed by atoms with Crippen LogP contribution in [0.25, 0.3) is 0 Å². The summed E-state index contributed by atoms with van der Waals surface area (Å²) in [5.74, 6) is 0.574. The number of hydrogen-bond acceptors (Lipinski definition) is 2. The number of hydrogen-bond donors (Lipinski definition) is 2. The first kappa shape index (κ1) is 16.6. The van der Waals surface area contributed by atoms with E-state index in [-0.39, 0.29) is 0 Å². The second kappa shape index (κ2) is 9.29. The molecular formula is C19H29N3. The minimum Gasteiger partial charge on any atom is -0.369 e. The van der Waals surface area contributed by atoms with Gasteiger partial charge in [0.25, 0.3) is 0 Å². The first-order valence-corrected chi connectivity index (χ1v) is 8.66. The van der Waals surface area contributed by atoms with Gasteiger partial charge in [-0.2, -0.15) is 0 Å². The molecule has 1 aromatic heterocycles. The summed E-state index contributed by atoms with van der Waals surface area (Å²) in [6.45, 7) is 2.21. The summed E-state index contributed by atoms with van der Waals surface area (Å²) >= 11 is 0. The summed E-state index contributed by atoms with van der Waals surface area (Å²) in [6.07, 6.45) is 10.8. The molecule has 0 aliphatic carbocycles. The van der Waals surface area contributed by atoms with Gasteiger partial charge < -0.3 is 10.7 Å². The number of aromatic amines is 1. The van der Waals surface area contributed by atoms with Crippen molar-refractivity contribution in [1.29, 1.82) is 0 Å². The minimum absolute atomic E-state index is 0.574. The zero-order chi connectivity index (χ0) is 15.6. The Hall–Kier alpha value is -1.77. The average Bonchev–Trinajstić information content (AvgIpc) is 2.89. The summed E-state index contributed by atoms with van der Waals surface area (Å²) < 4.78 is 0. The van der Waals surface area contributed by atoms with Crippen molar-refractivity contribution in [2.75, 3.05) is 5.73 Å². The van der Waals surface area contributed by atoms with Gasteiger partial charge in [-0.1, -0.05) is 56.5 Å². The maximum Gasteiger partial charge on any atom is 0.197 e. The van der Waals surface area contributed by atoms with Crippen molar-refractivity contribution >= 4 is 5.95 Å². The van der Waals surface area contributed by atoms with Crippen LogP contribution in [0.3, 0.4) is 0 Å². The average molecular weight is 299 g/mol. The van der Waals surface area contributed by atoms with Crippen LogP contribution >= 0.6 is 0 Å². The van der Waals surface area contributed by atoms with Crippen molar-refractivity contribution < 1.29 is 0 Å². The number of nitrogen functional groups attached to an aromatic ring is 1. The van der Waals surface area contributed by atoms with E-state index in [0.717, 1.165) is 12.8 Å². The quantitative estimate of drug-likeness (QED) is 0.626. The molecule has 0 aliphatic heterocycles. The Morgan fingerprint density at radius 1 is 0.909 bits per heavy atom. The molecule has 0 amide bonds. The third-order valence-corrected chi connectivity index (χ3v) is 4.13. The Labute approximate surface area is 134 Å². The topological polar surface area (TPSA) is 54.7 Å². The highest BCUT2D eigenvalue weighted by molar-refractivity contribution is 5.26. The summed E-state index contributed by atoms with van der Waals surface area (Å²) in [6, 6.07) is 10.8. The molecular weight excluding hydrogens is 270 g/mol. The summed E-state index contributed by atoms with van der Waals surface area (Å²) in [7, 11) is 0. The highest BCUT2D eigenvalue weighted by atomic mass is 15.0. The molecule has 0 unspecified atom stereocenters. The molecule has 0 fully saturated rings. The van der Waals surface area contributed by atoms with Gasteiger partial charge in [-0.25, -0.2) is 4.98 Å². The van der Waals surface area contributed by atoms with Crippen molar-refractivity contribution in [2.45, 2.75) is 64.7 Å². The van der Waals surface area contributed by atoms with E-state index in [4.69, 9.17) is 5.73 Å². The molecule has 1 aromatic carbocycles. The van der Waals surface area contributed by atoms with Crippen molar-refractivity contribution in [1.82, 2.24) is 9.97 Å². The third kappa shape index (κ3) is 5.55. The molecule has 2 aromatic rings. The molecule has 22 heavy (non-hydrogen) atoms. The van der Waals surface area contributed by atoms with Crippen LogP contribution in [-0.2, 0) is 19.3 Å². The fourth-order valence-corrected chi connectivity index (χ4v) is 2.85. The minimum atomic E-state index is 0.574. The van der Waals surface area contributed by atoms with E-state index in [9.17, 15) is 0 Å². The first-order valence-electron chi connectivity index (χ1n) is 8.66. The standard InChI is InChI=1S/C19H29N3/c1-2-3-14-17-18(22-19(20)21-17)15-10-5-4-7-11-16-12-8-6-9-13-16/h6,8-9,12-13H,2-5,7,10-11,14-15H2,1H3,(H3,20,21,22). The van der Waals surface area contributed by atoms with Crippen molar-refractivity contribution in [3.05, 3.63) is 47.3 Å². The lowest BCUT2D eigenvalue weighted by molar-refractivity contribution is 0.633. The van der Waals surface area contributed by atoms with E-state index in [2.05, 4.69) is 47.2 Å². The molecule has 0 atom stereocenters. The van der Waals surface area contributed by atoms with Crippen molar-refractivity contribution in [3.63, 3.8) is 0 Å². The van der Waals surface area contributed by atoms with Crippen LogP contribution in [0.5, 0.6) is 0 Å². The van der Waals surface area contributed by atoms with Crippen LogP contribution in [0.2, 0.25) is 0 Å². The van der Waals surface area contributed by atoms with Gasteiger partial charge in [0.1, 0.15) is 0 Å². The van der Waals surface area contributed by atoms with Gasteiger partial charge in [-0.05, 0) is 44.1 Å². The van der Waals surface area contributed by atoms with E-state index in [0.29, 0.717) is 5.95 Å². The summed E-state index contributed by atoms with van der Waals surface area (Å²) in [4.78, 5) is 7.66. The Morgan fingerprint density at radius 3 is 2.36 bits per heavy atom. The highest BCUT2D eigenvalue weighted by Gasteiger charge is 2.07. The Morgan fingerprint density at radius 2 is 1.64 bits per heavy atom. The Balaban J connectivity index is 1.64. The van der Waals surface area contributed by atoms with Crippen LogP contribution in [0.4, 0.5) is 5.95 Å². The second-order valence-corrected chi connectivity index (χ2v) is 6.05. The van der Waals surface area contributed by atoms with Crippen molar-refractivity contribution in [2.24, 2.45) is 0 Å². The monoisotopic (exact) mass is 299 g/mol. The van der Waals surface area contributed by atoms with Gasteiger partial charge in [0, 0.05) is 5.69 Å². The normalized spacial score (nSPS) is 11.0. The number of benzene rings is 1. The number of unbranched alkanes of at least 4 members (excludes halogenated alkanes) is 4. The lowest BCUT2D eigenvalue weighted by Crippen LogP contribution is -1.94. The van der Waals surface area contributed by atoms with Crippen LogP contribution in [0.15, 0.2) is 30.3 Å². The number of aromatic nitrogens is 2. The molecule has 3 N–H and O–H groups in total. The fourth-order valence-electron chi connectivity index (χ4n) is 2.85.